The minimum atomic E-state index is -0.558. The summed E-state index contributed by atoms with van der Waals surface area (Å²) in [5.41, 5.74) is 4.21. The van der Waals surface area contributed by atoms with Crippen molar-refractivity contribution in [1.29, 1.82) is 0 Å². The zero-order valence-corrected chi connectivity index (χ0v) is 28.9. The molecule has 0 radical (unpaired) electrons. The van der Waals surface area contributed by atoms with Gasteiger partial charge in [-0.3, -0.25) is 29.8 Å². The number of likely N-dealkylation sites (tertiary alicyclic amines) is 1. The van der Waals surface area contributed by atoms with E-state index in [1.807, 2.05) is 13.0 Å². The molecule has 5 heterocycles. The summed E-state index contributed by atoms with van der Waals surface area (Å²) < 4.78 is 38.7. The predicted molar refractivity (Wildman–Crippen MR) is 188 cm³/mol. The minimum Gasteiger partial charge on any atom is -0.496 e. The van der Waals surface area contributed by atoms with Crippen molar-refractivity contribution in [1.82, 2.24) is 25.0 Å². The fraction of sp³-hybridized carbons (Fsp3) is 0.459. The number of nitrogens with one attached hydrogen (secondary N) is 2. The number of hydrogen-bond acceptors (Lipinski definition) is 7. The number of hydrogen-bond donors (Lipinski definition) is 2. The molecule has 0 unspecified atom stereocenters. The number of fused-ring (bicyclic) bond motifs is 1. The van der Waals surface area contributed by atoms with E-state index in [0.29, 0.717) is 57.7 Å². The van der Waals surface area contributed by atoms with Crippen molar-refractivity contribution < 1.29 is 23.1 Å². The lowest BCUT2D eigenvalue weighted by Gasteiger charge is -2.41. The van der Waals surface area contributed by atoms with Crippen LogP contribution in [0.25, 0.3) is 22.0 Å². The van der Waals surface area contributed by atoms with Crippen LogP contribution in [0.5, 0.6) is 5.75 Å². The average molecular weight is 688 g/mol. The van der Waals surface area contributed by atoms with E-state index >= 15 is 8.78 Å². The third kappa shape index (κ3) is 6.12. The van der Waals surface area contributed by atoms with Gasteiger partial charge in [0.05, 0.1) is 12.8 Å². The number of ether oxygens (including phenoxy) is 1. The lowest BCUT2D eigenvalue weighted by atomic mass is 9.78. The molecular weight excluding hydrogens is 644 g/mol. The fourth-order valence-electron chi connectivity index (χ4n) is 8.03. The number of carbonyl (C=O) groups excluding carboxylic acids is 2. The van der Waals surface area contributed by atoms with Crippen LogP contribution in [0.2, 0.25) is 0 Å². The Balaban J connectivity index is 0.962. The number of pyridine rings is 1. The molecule has 2 N–H and O–H groups in total. The van der Waals surface area contributed by atoms with Gasteiger partial charge in [0.25, 0.3) is 5.56 Å². The Hall–Kier alpha value is -4.78. The minimum absolute atomic E-state index is 0.0626. The number of nitrogens with zero attached hydrogens (tertiary/aromatic N) is 5. The number of imide groups is 1. The number of methoxy groups -OCH3 is 1. The van der Waals surface area contributed by atoms with Crippen LogP contribution in [0.1, 0.15) is 48.8 Å². The van der Waals surface area contributed by atoms with E-state index in [9.17, 15) is 14.4 Å². The molecule has 3 saturated heterocycles. The number of halogens is 2. The molecule has 3 aliphatic heterocycles. The lowest BCUT2D eigenvalue weighted by Crippen LogP contribution is -2.49. The van der Waals surface area contributed by atoms with E-state index in [4.69, 9.17) is 4.74 Å². The first-order valence-electron chi connectivity index (χ1n) is 17.3. The van der Waals surface area contributed by atoms with Crippen molar-refractivity contribution in [2.45, 2.75) is 52.5 Å². The molecule has 3 fully saturated rings. The maximum absolute atomic E-state index is 15.8. The van der Waals surface area contributed by atoms with Crippen LogP contribution in [0, 0.1) is 37.3 Å². The van der Waals surface area contributed by atoms with Crippen LogP contribution in [0.3, 0.4) is 0 Å². The van der Waals surface area contributed by atoms with Gasteiger partial charge in [-0.25, -0.2) is 13.6 Å². The van der Waals surface area contributed by atoms with Crippen molar-refractivity contribution >= 4 is 34.3 Å². The number of aromatic amines is 1. The SMILES string of the molecule is COc1cc(-c2cn(C)c(=O)c(C)c2C)cc(F)c1CN1CCC(C2CCN(c3ccc4c(N5CCC(=O)NC5=O)n[nH]c4c3F)CC2)CC1. The summed E-state index contributed by atoms with van der Waals surface area (Å²) in [5, 5.41) is 9.77. The van der Waals surface area contributed by atoms with Gasteiger partial charge in [0.2, 0.25) is 5.91 Å². The summed E-state index contributed by atoms with van der Waals surface area (Å²) in [6.07, 6.45) is 5.89. The molecular formula is C37H43F2N7O4. The highest BCUT2D eigenvalue weighted by atomic mass is 19.1. The molecule has 7 rings (SSSR count). The number of aromatic nitrogens is 3. The Morgan fingerprint density at radius 1 is 0.940 bits per heavy atom. The van der Waals surface area contributed by atoms with Gasteiger partial charge in [-0.15, -0.1) is 0 Å². The number of carbonyl (C=O) groups is 2. The number of benzene rings is 2. The molecule has 2 aromatic carbocycles. The molecule has 0 saturated carbocycles. The largest absolute Gasteiger partial charge is 0.496 e. The molecule has 11 nitrogen and oxygen atoms in total. The zero-order valence-electron chi connectivity index (χ0n) is 28.9. The van der Waals surface area contributed by atoms with Crippen molar-refractivity contribution in [3.05, 3.63) is 69.1 Å². The predicted octanol–water partition coefficient (Wildman–Crippen LogP) is 5.41. The van der Waals surface area contributed by atoms with Gasteiger partial charge in [-0.2, -0.15) is 5.10 Å². The van der Waals surface area contributed by atoms with Gasteiger partial charge >= 0.3 is 6.03 Å². The smallest absolute Gasteiger partial charge is 0.329 e. The summed E-state index contributed by atoms with van der Waals surface area (Å²) in [4.78, 5) is 42.0. The number of H-pyrrole nitrogens is 1. The topological polar surface area (TPSA) is 116 Å². The summed E-state index contributed by atoms with van der Waals surface area (Å²) in [6.45, 7) is 7.55. The van der Waals surface area contributed by atoms with Crippen LogP contribution < -0.4 is 25.4 Å². The Labute approximate surface area is 289 Å². The second-order valence-corrected chi connectivity index (χ2v) is 13.9. The highest BCUT2D eigenvalue weighted by molar-refractivity contribution is 6.09. The number of aryl methyl sites for hydroxylation is 1. The lowest BCUT2D eigenvalue weighted by molar-refractivity contribution is -0.120. The third-order valence-corrected chi connectivity index (χ3v) is 11.1. The van der Waals surface area contributed by atoms with E-state index in [2.05, 4.69) is 25.3 Å². The molecule has 50 heavy (non-hydrogen) atoms. The molecule has 264 valence electrons. The van der Waals surface area contributed by atoms with Crippen LogP contribution >= 0.6 is 0 Å². The van der Waals surface area contributed by atoms with E-state index < -0.39 is 11.8 Å². The molecule has 0 spiro atoms. The second kappa shape index (κ2) is 13.5. The first-order chi connectivity index (χ1) is 24.0. The fourth-order valence-corrected chi connectivity index (χ4v) is 8.03. The summed E-state index contributed by atoms with van der Waals surface area (Å²) in [6, 6.07) is 6.40. The van der Waals surface area contributed by atoms with Gasteiger partial charge in [-0.05, 0) is 99.8 Å². The van der Waals surface area contributed by atoms with Crippen molar-refractivity contribution in [3.63, 3.8) is 0 Å². The van der Waals surface area contributed by atoms with E-state index in [1.54, 1.807) is 45.5 Å². The van der Waals surface area contributed by atoms with Crippen molar-refractivity contribution in [2.24, 2.45) is 18.9 Å². The molecule has 13 heteroatoms. The quantitative estimate of drug-likeness (QED) is 0.267. The Kier molecular flexibility index (Phi) is 9.10. The van der Waals surface area contributed by atoms with Gasteiger partial charge in [0, 0.05) is 67.9 Å². The molecule has 2 aromatic heterocycles. The van der Waals surface area contributed by atoms with Gasteiger partial charge in [0.1, 0.15) is 17.1 Å². The first kappa shape index (κ1) is 33.7. The standard InChI is InChI=1S/C37H43F2N7O4/c1-21-22(2)36(48)43(3)19-27(21)25-17-29(38)28(31(18-25)50-4)20-44-12-7-23(8-13-44)24-9-14-45(15-10-24)30-6-5-26-34(33(30)39)41-42-35(26)46-16-11-32(47)40-37(46)49/h5-6,17-19,23-24H,7-16,20H2,1-4H3,(H,41,42)(H,40,47,49). The highest BCUT2D eigenvalue weighted by Crippen LogP contribution is 2.38. The number of piperidine rings is 2. The van der Waals surface area contributed by atoms with Crippen molar-refractivity contribution in [3.8, 4) is 16.9 Å². The molecule has 3 amide bonds. The molecule has 0 bridgehead atoms. The normalized spacial score (nSPS) is 18.3. The number of anilines is 2. The van der Waals surface area contributed by atoms with Gasteiger partial charge in [-0.1, -0.05) is 0 Å². The van der Waals surface area contributed by atoms with Crippen LogP contribution in [0.15, 0.2) is 35.3 Å². The average Bonchev–Trinajstić information content (AvgIpc) is 3.55. The molecule has 3 aliphatic rings. The Bertz CT molecular complexity index is 2030. The Morgan fingerprint density at radius 3 is 2.32 bits per heavy atom. The van der Waals surface area contributed by atoms with Crippen LogP contribution in [0.4, 0.5) is 25.1 Å². The zero-order chi connectivity index (χ0) is 35.3. The number of urea groups is 1. The summed E-state index contributed by atoms with van der Waals surface area (Å²) >= 11 is 0. The van der Waals surface area contributed by atoms with Crippen LogP contribution in [-0.4, -0.2) is 71.4 Å². The van der Waals surface area contributed by atoms with E-state index in [1.165, 1.54) is 9.47 Å². The van der Waals surface area contributed by atoms with Crippen molar-refractivity contribution in [2.75, 3.05) is 49.6 Å². The van der Waals surface area contributed by atoms with Crippen LogP contribution in [-0.2, 0) is 18.4 Å². The molecule has 0 atom stereocenters. The third-order valence-electron chi connectivity index (χ3n) is 11.1. The highest BCUT2D eigenvalue weighted by Gasteiger charge is 2.32. The molecule has 0 aliphatic carbocycles. The maximum atomic E-state index is 15.8. The number of amides is 3. The first-order valence-corrected chi connectivity index (χ1v) is 17.3. The van der Waals surface area contributed by atoms with Gasteiger partial charge < -0.3 is 14.2 Å². The monoisotopic (exact) mass is 687 g/mol. The summed E-state index contributed by atoms with van der Waals surface area (Å²) in [5.74, 6) is 0.872. The summed E-state index contributed by atoms with van der Waals surface area (Å²) in [7, 11) is 3.27. The Morgan fingerprint density at radius 2 is 1.64 bits per heavy atom. The van der Waals surface area contributed by atoms with Gasteiger partial charge in [0.15, 0.2) is 11.6 Å². The second-order valence-electron chi connectivity index (χ2n) is 13.9. The van der Waals surface area contributed by atoms with E-state index in [-0.39, 0.29) is 35.8 Å². The van der Waals surface area contributed by atoms with E-state index in [0.717, 1.165) is 63.0 Å². The number of rotatable bonds is 7. The molecule has 4 aromatic rings. The maximum Gasteiger partial charge on any atom is 0.329 e.